The Labute approximate surface area is 148 Å². The van der Waals surface area contributed by atoms with Crippen molar-refractivity contribution in [3.05, 3.63) is 40.4 Å². The van der Waals surface area contributed by atoms with Crippen LogP contribution in [0.25, 0.3) is 10.2 Å². The van der Waals surface area contributed by atoms with Gasteiger partial charge in [-0.2, -0.15) is 0 Å². The summed E-state index contributed by atoms with van der Waals surface area (Å²) in [7, 11) is 0. The summed E-state index contributed by atoms with van der Waals surface area (Å²) in [6, 6.07) is 3.63. The summed E-state index contributed by atoms with van der Waals surface area (Å²) in [5.41, 5.74) is 1.19. The summed E-state index contributed by atoms with van der Waals surface area (Å²) >= 11 is 3.10. The second-order valence-corrected chi connectivity index (χ2v) is 7.84. The fourth-order valence-corrected chi connectivity index (χ4v) is 4.36. The van der Waals surface area contributed by atoms with Crippen LogP contribution < -0.4 is 5.32 Å². The zero-order valence-electron chi connectivity index (χ0n) is 14.0. The maximum atomic E-state index is 12.2. The topological polar surface area (TPSA) is 68.0 Å². The van der Waals surface area contributed by atoms with Gasteiger partial charge in [0.25, 0.3) is 0 Å². The second kappa shape index (κ2) is 6.94. The van der Waals surface area contributed by atoms with E-state index in [0.717, 1.165) is 26.8 Å². The zero-order valence-corrected chi connectivity index (χ0v) is 15.7. The van der Waals surface area contributed by atoms with Gasteiger partial charge in [0.2, 0.25) is 5.91 Å². The molecule has 0 spiro atoms. The van der Waals surface area contributed by atoms with Gasteiger partial charge in [0.05, 0.1) is 11.8 Å². The summed E-state index contributed by atoms with van der Waals surface area (Å²) < 4.78 is 5.54. The number of fused-ring (bicyclic) bond motifs is 1. The largest absolute Gasteiger partial charge is 0.464 e. The highest BCUT2D eigenvalue weighted by molar-refractivity contribution is 8.00. The number of thioether (sulfide) groups is 1. The van der Waals surface area contributed by atoms with E-state index in [4.69, 9.17) is 4.42 Å². The van der Waals surface area contributed by atoms with Crippen LogP contribution in [0.15, 0.2) is 27.9 Å². The zero-order chi connectivity index (χ0) is 17.3. The van der Waals surface area contributed by atoms with Crippen molar-refractivity contribution in [1.82, 2.24) is 15.3 Å². The number of furan rings is 1. The first-order valence-corrected chi connectivity index (χ1v) is 9.45. The van der Waals surface area contributed by atoms with Gasteiger partial charge in [-0.05, 0) is 45.4 Å². The molecule has 126 valence electrons. The van der Waals surface area contributed by atoms with Crippen LogP contribution in [0.1, 0.15) is 34.9 Å². The molecule has 3 aromatic heterocycles. The molecule has 0 saturated heterocycles. The van der Waals surface area contributed by atoms with Crippen molar-refractivity contribution in [3.63, 3.8) is 0 Å². The van der Waals surface area contributed by atoms with Gasteiger partial charge in [-0.1, -0.05) is 11.8 Å². The van der Waals surface area contributed by atoms with Gasteiger partial charge in [-0.3, -0.25) is 4.79 Å². The molecule has 1 N–H and O–H groups in total. The number of aromatic nitrogens is 2. The van der Waals surface area contributed by atoms with Crippen LogP contribution >= 0.6 is 23.1 Å². The number of hydrogen-bond donors (Lipinski definition) is 1. The molecule has 0 saturated carbocycles. The third-order valence-electron chi connectivity index (χ3n) is 3.84. The minimum absolute atomic E-state index is 0.0436. The van der Waals surface area contributed by atoms with Crippen molar-refractivity contribution in [2.45, 2.75) is 38.8 Å². The van der Waals surface area contributed by atoms with Gasteiger partial charge in [-0.25, -0.2) is 9.97 Å². The molecule has 1 unspecified atom stereocenters. The van der Waals surface area contributed by atoms with Gasteiger partial charge in [0.15, 0.2) is 0 Å². The van der Waals surface area contributed by atoms with E-state index in [1.807, 2.05) is 26.0 Å². The quantitative estimate of drug-likeness (QED) is 0.545. The first kappa shape index (κ1) is 17.0. The molecule has 3 heterocycles. The average Bonchev–Trinajstić information content (AvgIpc) is 3.10. The van der Waals surface area contributed by atoms with Crippen molar-refractivity contribution in [2.24, 2.45) is 0 Å². The molecule has 0 bridgehead atoms. The van der Waals surface area contributed by atoms with Gasteiger partial charge in [0.1, 0.15) is 27.7 Å². The lowest BCUT2D eigenvalue weighted by Crippen LogP contribution is -2.27. The normalized spacial score (nSPS) is 12.5. The van der Waals surface area contributed by atoms with Crippen molar-refractivity contribution < 1.29 is 9.21 Å². The fourth-order valence-electron chi connectivity index (χ4n) is 2.43. The van der Waals surface area contributed by atoms with Gasteiger partial charge < -0.3 is 9.73 Å². The number of hydrogen-bond acceptors (Lipinski definition) is 6. The van der Waals surface area contributed by atoms with Crippen molar-refractivity contribution >= 4 is 39.2 Å². The SMILES string of the molecule is Cc1ccc(C(C)NC(=O)CSc2ncnc3sc(C)c(C)c23)o1. The Bertz CT molecular complexity index is 885. The van der Waals surface area contributed by atoms with Crippen LogP contribution in [0.3, 0.4) is 0 Å². The van der Waals surface area contributed by atoms with Crippen molar-refractivity contribution in [1.29, 1.82) is 0 Å². The highest BCUT2D eigenvalue weighted by atomic mass is 32.2. The lowest BCUT2D eigenvalue weighted by Gasteiger charge is -2.11. The number of nitrogens with zero attached hydrogens (tertiary/aromatic N) is 2. The third-order valence-corrected chi connectivity index (χ3v) is 5.94. The summed E-state index contributed by atoms with van der Waals surface area (Å²) in [5, 5.41) is 4.88. The molecule has 0 aromatic carbocycles. The monoisotopic (exact) mass is 361 g/mol. The maximum absolute atomic E-state index is 12.2. The Morgan fingerprint density at radius 2 is 2.12 bits per heavy atom. The van der Waals surface area contributed by atoms with E-state index >= 15 is 0 Å². The second-order valence-electron chi connectivity index (χ2n) is 5.67. The smallest absolute Gasteiger partial charge is 0.230 e. The molecule has 0 aliphatic carbocycles. The molecule has 0 fully saturated rings. The molecule has 0 aliphatic rings. The first-order chi connectivity index (χ1) is 11.5. The van der Waals surface area contributed by atoms with Crippen LogP contribution in [0.4, 0.5) is 0 Å². The number of carbonyl (C=O) groups excluding carboxylic acids is 1. The number of carbonyl (C=O) groups is 1. The fraction of sp³-hybridized carbons (Fsp3) is 0.353. The molecule has 7 heteroatoms. The maximum Gasteiger partial charge on any atom is 0.230 e. The number of thiophene rings is 1. The molecular formula is C17H19N3O2S2. The Morgan fingerprint density at radius 1 is 1.33 bits per heavy atom. The molecular weight excluding hydrogens is 342 g/mol. The molecule has 1 atom stereocenters. The lowest BCUT2D eigenvalue weighted by atomic mass is 10.2. The van der Waals surface area contributed by atoms with Crippen molar-refractivity contribution in [3.8, 4) is 0 Å². The summed E-state index contributed by atoms with van der Waals surface area (Å²) in [6.07, 6.45) is 1.56. The molecule has 5 nitrogen and oxygen atoms in total. The number of aryl methyl sites for hydroxylation is 3. The number of amides is 1. The molecule has 3 aromatic rings. The van der Waals surface area contributed by atoms with E-state index in [0.29, 0.717) is 5.75 Å². The highest BCUT2D eigenvalue weighted by Crippen LogP contribution is 2.34. The van der Waals surface area contributed by atoms with E-state index in [1.165, 1.54) is 22.2 Å². The molecule has 3 rings (SSSR count). The number of rotatable bonds is 5. The molecule has 1 amide bonds. The third kappa shape index (κ3) is 3.47. The van der Waals surface area contributed by atoms with E-state index in [9.17, 15) is 4.79 Å². The Kier molecular flexibility index (Phi) is 4.91. The van der Waals surface area contributed by atoms with E-state index < -0.39 is 0 Å². The van der Waals surface area contributed by atoms with E-state index in [2.05, 4.69) is 29.1 Å². The number of nitrogens with one attached hydrogen (secondary N) is 1. The minimum atomic E-state index is -0.151. The van der Waals surface area contributed by atoms with Crippen LogP contribution in [0.5, 0.6) is 0 Å². The summed E-state index contributed by atoms with van der Waals surface area (Å²) in [4.78, 5) is 23.1. The van der Waals surface area contributed by atoms with Gasteiger partial charge >= 0.3 is 0 Å². The van der Waals surface area contributed by atoms with Crippen LogP contribution in [-0.4, -0.2) is 21.6 Å². The summed E-state index contributed by atoms with van der Waals surface area (Å²) in [6.45, 7) is 7.95. The van der Waals surface area contributed by atoms with E-state index in [1.54, 1.807) is 17.7 Å². The van der Waals surface area contributed by atoms with Gasteiger partial charge in [-0.15, -0.1) is 11.3 Å². The first-order valence-electron chi connectivity index (χ1n) is 7.65. The molecule has 24 heavy (non-hydrogen) atoms. The highest BCUT2D eigenvalue weighted by Gasteiger charge is 2.16. The molecule has 0 radical (unpaired) electrons. The van der Waals surface area contributed by atoms with Crippen LogP contribution in [0, 0.1) is 20.8 Å². The average molecular weight is 361 g/mol. The standard InChI is InChI=1S/C17H19N3O2S2/c1-9-5-6-13(22-9)11(3)20-14(21)7-23-16-15-10(2)12(4)24-17(15)19-8-18-16/h5-6,8,11H,7H2,1-4H3,(H,20,21). The summed E-state index contributed by atoms with van der Waals surface area (Å²) in [5.74, 6) is 1.87. The minimum Gasteiger partial charge on any atom is -0.464 e. The predicted octanol–water partition coefficient (Wildman–Crippen LogP) is 4.18. The van der Waals surface area contributed by atoms with Crippen LogP contribution in [0.2, 0.25) is 0 Å². The van der Waals surface area contributed by atoms with Gasteiger partial charge in [0, 0.05) is 10.3 Å². The Balaban J connectivity index is 1.66. The Hall–Kier alpha value is -1.86. The Morgan fingerprint density at radius 3 is 2.83 bits per heavy atom. The predicted molar refractivity (Wildman–Crippen MR) is 97.6 cm³/mol. The molecule has 0 aliphatic heterocycles. The lowest BCUT2D eigenvalue weighted by molar-refractivity contribution is -0.119. The van der Waals surface area contributed by atoms with Crippen LogP contribution in [-0.2, 0) is 4.79 Å². The van der Waals surface area contributed by atoms with Crippen molar-refractivity contribution in [2.75, 3.05) is 5.75 Å². The van der Waals surface area contributed by atoms with E-state index in [-0.39, 0.29) is 11.9 Å².